The molecular weight excluding hydrogens is 462 g/mol. The van der Waals surface area contributed by atoms with Crippen LogP contribution in [0.2, 0.25) is 0 Å². The Morgan fingerprint density at radius 2 is 1.39 bits per heavy atom. The topological polar surface area (TPSA) is 106 Å². The van der Waals surface area contributed by atoms with Gasteiger partial charge in [0.25, 0.3) is 5.91 Å². The zero-order valence-corrected chi connectivity index (χ0v) is 20.2. The minimum absolute atomic E-state index is 0.127. The van der Waals surface area contributed by atoms with Crippen molar-refractivity contribution in [1.29, 1.82) is 0 Å². The Morgan fingerprint density at radius 3 is 1.86 bits per heavy atom. The molecule has 0 aromatic heterocycles. The summed E-state index contributed by atoms with van der Waals surface area (Å²) in [6, 6.07) is 20.7. The molecule has 3 aromatic carbocycles. The van der Waals surface area contributed by atoms with Gasteiger partial charge in [-0.2, -0.15) is 0 Å². The van der Waals surface area contributed by atoms with Gasteiger partial charge in [0.15, 0.2) is 17.0 Å². The Bertz CT molecular complexity index is 1200. The number of benzene rings is 3. The molecule has 0 aliphatic carbocycles. The van der Waals surface area contributed by atoms with Crippen molar-refractivity contribution in [2.24, 2.45) is 0 Å². The van der Waals surface area contributed by atoms with Gasteiger partial charge in [0, 0.05) is 6.54 Å². The van der Waals surface area contributed by atoms with Gasteiger partial charge in [-0.1, -0.05) is 60.7 Å². The summed E-state index contributed by atoms with van der Waals surface area (Å²) in [5, 5.41) is 5.58. The van der Waals surface area contributed by atoms with E-state index in [1.54, 1.807) is 60.7 Å². The van der Waals surface area contributed by atoms with E-state index in [0.717, 1.165) is 4.90 Å². The molecule has 0 radical (unpaired) electrons. The van der Waals surface area contributed by atoms with E-state index in [1.165, 1.54) is 21.3 Å². The van der Waals surface area contributed by atoms with Gasteiger partial charge in [0.1, 0.15) is 6.54 Å². The molecule has 1 aliphatic rings. The van der Waals surface area contributed by atoms with Crippen LogP contribution in [0.4, 0.5) is 4.79 Å². The van der Waals surface area contributed by atoms with Gasteiger partial charge >= 0.3 is 6.03 Å². The van der Waals surface area contributed by atoms with E-state index in [-0.39, 0.29) is 6.54 Å². The second-order valence-electron chi connectivity index (χ2n) is 8.11. The number of imide groups is 1. The van der Waals surface area contributed by atoms with Crippen LogP contribution in [0.3, 0.4) is 0 Å². The Labute approximate surface area is 209 Å². The number of nitrogens with one attached hydrogen (secondary N) is 2. The molecule has 4 amide bonds. The second-order valence-corrected chi connectivity index (χ2v) is 8.11. The van der Waals surface area contributed by atoms with Gasteiger partial charge in [0.05, 0.1) is 21.3 Å². The maximum atomic E-state index is 13.7. The van der Waals surface area contributed by atoms with Gasteiger partial charge < -0.3 is 24.8 Å². The van der Waals surface area contributed by atoms with Crippen LogP contribution in [-0.2, 0) is 21.7 Å². The van der Waals surface area contributed by atoms with Gasteiger partial charge in [-0.3, -0.25) is 14.5 Å². The minimum Gasteiger partial charge on any atom is -0.493 e. The molecule has 1 heterocycles. The summed E-state index contributed by atoms with van der Waals surface area (Å²) in [5.41, 5.74) is 0.485. The highest BCUT2D eigenvalue weighted by Crippen LogP contribution is 2.38. The first-order valence-electron chi connectivity index (χ1n) is 11.2. The molecule has 1 aliphatic heterocycles. The Morgan fingerprint density at radius 1 is 0.861 bits per heavy atom. The molecule has 0 bridgehead atoms. The monoisotopic (exact) mass is 489 g/mol. The first-order chi connectivity index (χ1) is 17.4. The molecule has 9 nitrogen and oxygen atoms in total. The smallest absolute Gasteiger partial charge is 0.326 e. The van der Waals surface area contributed by atoms with E-state index in [4.69, 9.17) is 14.2 Å². The lowest BCUT2D eigenvalue weighted by molar-refractivity contribution is -0.134. The Kier molecular flexibility index (Phi) is 7.10. The molecular formula is C27H27N3O6. The molecule has 0 atom stereocenters. The van der Waals surface area contributed by atoms with Gasteiger partial charge in [-0.25, -0.2) is 4.79 Å². The second kappa shape index (κ2) is 10.4. The summed E-state index contributed by atoms with van der Waals surface area (Å²) >= 11 is 0. The van der Waals surface area contributed by atoms with E-state index < -0.39 is 29.9 Å². The van der Waals surface area contributed by atoms with Crippen molar-refractivity contribution >= 4 is 17.8 Å². The average molecular weight is 490 g/mol. The van der Waals surface area contributed by atoms with Crippen molar-refractivity contribution in [1.82, 2.24) is 15.5 Å². The fraction of sp³-hybridized carbons (Fsp3) is 0.222. The van der Waals surface area contributed by atoms with Crippen LogP contribution < -0.4 is 24.8 Å². The van der Waals surface area contributed by atoms with Gasteiger partial charge in [0.2, 0.25) is 11.7 Å². The van der Waals surface area contributed by atoms with E-state index in [0.29, 0.717) is 33.9 Å². The number of rotatable bonds is 9. The maximum Gasteiger partial charge on any atom is 0.326 e. The summed E-state index contributed by atoms with van der Waals surface area (Å²) in [5.74, 6) is 0.320. The van der Waals surface area contributed by atoms with Crippen LogP contribution in [0, 0.1) is 0 Å². The van der Waals surface area contributed by atoms with Crippen molar-refractivity contribution in [2.75, 3.05) is 27.9 Å². The highest BCUT2D eigenvalue weighted by atomic mass is 16.5. The number of amides is 4. The lowest BCUT2D eigenvalue weighted by Crippen LogP contribution is -2.46. The van der Waals surface area contributed by atoms with Crippen LogP contribution in [0.1, 0.15) is 16.7 Å². The number of carbonyl (C=O) groups is 3. The number of nitrogens with zero attached hydrogens (tertiary/aromatic N) is 1. The third-order valence-electron chi connectivity index (χ3n) is 6.04. The fourth-order valence-electron chi connectivity index (χ4n) is 4.29. The van der Waals surface area contributed by atoms with E-state index in [1.807, 2.05) is 12.1 Å². The lowest BCUT2D eigenvalue weighted by atomic mass is 9.82. The average Bonchev–Trinajstić information content (AvgIpc) is 3.17. The number of ether oxygens (including phenoxy) is 3. The quantitative estimate of drug-likeness (QED) is 0.448. The summed E-state index contributed by atoms with van der Waals surface area (Å²) < 4.78 is 16.0. The van der Waals surface area contributed by atoms with Crippen molar-refractivity contribution in [3.63, 3.8) is 0 Å². The van der Waals surface area contributed by atoms with Crippen LogP contribution in [0.15, 0.2) is 72.8 Å². The highest BCUT2D eigenvalue weighted by Gasteiger charge is 2.54. The highest BCUT2D eigenvalue weighted by molar-refractivity contribution is 6.11. The van der Waals surface area contributed by atoms with E-state index >= 15 is 0 Å². The Balaban J connectivity index is 1.54. The zero-order valence-electron chi connectivity index (χ0n) is 20.2. The summed E-state index contributed by atoms with van der Waals surface area (Å²) in [6.45, 7) is -0.307. The molecule has 2 N–H and O–H groups in total. The third kappa shape index (κ3) is 4.43. The lowest BCUT2D eigenvalue weighted by Gasteiger charge is -2.28. The maximum absolute atomic E-state index is 13.7. The fourth-order valence-corrected chi connectivity index (χ4v) is 4.29. The number of hydrogen-bond acceptors (Lipinski definition) is 6. The van der Waals surface area contributed by atoms with Crippen molar-refractivity contribution in [3.05, 3.63) is 89.5 Å². The number of methoxy groups -OCH3 is 3. The SMILES string of the molecule is COc1cc(CNC(=O)CN2C(=O)NC(c3ccccc3)(c3ccccc3)C2=O)cc(OC)c1OC. The molecule has 0 spiro atoms. The predicted molar refractivity (Wildman–Crippen MR) is 132 cm³/mol. The summed E-state index contributed by atoms with van der Waals surface area (Å²) in [4.78, 5) is 40.4. The molecule has 186 valence electrons. The summed E-state index contributed by atoms with van der Waals surface area (Å²) in [6.07, 6.45) is 0. The van der Waals surface area contributed by atoms with E-state index in [2.05, 4.69) is 10.6 Å². The van der Waals surface area contributed by atoms with Crippen LogP contribution in [-0.4, -0.2) is 50.6 Å². The van der Waals surface area contributed by atoms with Crippen LogP contribution in [0.25, 0.3) is 0 Å². The van der Waals surface area contributed by atoms with Gasteiger partial charge in [-0.05, 0) is 28.8 Å². The standard InChI is InChI=1S/C27H27N3O6/c1-34-21-14-18(15-22(35-2)24(21)36-3)16-28-23(31)17-30-25(32)27(29-26(30)33,19-10-6-4-7-11-19)20-12-8-5-9-13-20/h4-15H,16-17H2,1-3H3,(H,28,31)(H,29,33). The van der Waals surface area contributed by atoms with Crippen molar-refractivity contribution in [3.8, 4) is 17.2 Å². The molecule has 0 saturated carbocycles. The van der Waals surface area contributed by atoms with Crippen molar-refractivity contribution < 1.29 is 28.6 Å². The predicted octanol–water partition coefficient (Wildman–Crippen LogP) is 2.82. The molecule has 0 unspecified atom stereocenters. The largest absolute Gasteiger partial charge is 0.493 e. The number of hydrogen-bond donors (Lipinski definition) is 2. The van der Waals surface area contributed by atoms with Crippen LogP contribution in [0.5, 0.6) is 17.2 Å². The molecule has 1 saturated heterocycles. The molecule has 3 aromatic rings. The first-order valence-corrected chi connectivity index (χ1v) is 11.2. The molecule has 1 fully saturated rings. The normalized spacial score (nSPS) is 14.2. The first kappa shape index (κ1) is 24.6. The van der Waals surface area contributed by atoms with Gasteiger partial charge in [-0.15, -0.1) is 0 Å². The number of urea groups is 1. The molecule has 4 rings (SSSR count). The zero-order chi connectivity index (χ0) is 25.7. The minimum atomic E-state index is -1.42. The molecule has 36 heavy (non-hydrogen) atoms. The Hall–Kier alpha value is -4.53. The van der Waals surface area contributed by atoms with Crippen molar-refractivity contribution in [2.45, 2.75) is 12.1 Å². The number of carbonyl (C=O) groups excluding carboxylic acids is 3. The van der Waals surface area contributed by atoms with Crippen LogP contribution >= 0.6 is 0 Å². The third-order valence-corrected chi connectivity index (χ3v) is 6.04. The van der Waals surface area contributed by atoms with E-state index in [9.17, 15) is 14.4 Å². The summed E-state index contributed by atoms with van der Waals surface area (Å²) in [7, 11) is 4.51. The molecule has 9 heteroatoms.